The van der Waals surface area contributed by atoms with Crippen molar-refractivity contribution in [2.75, 3.05) is 13.1 Å². The first kappa shape index (κ1) is 26.0. The summed E-state index contributed by atoms with van der Waals surface area (Å²) in [5.74, 6) is -0.624. The quantitative estimate of drug-likeness (QED) is 0.352. The third-order valence-electron chi connectivity index (χ3n) is 5.10. The van der Waals surface area contributed by atoms with Crippen molar-refractivity contribution < 1.29 is 24.2 Å². The van der Waals surface area contributed by atoms with Crippen molar-refractivity contribution in [1.29, 1.82) is 0 Å². The Hall–Kier alpha value is -3.66. The van der Waals surface area contributed by atoms with Gasteiger partial charge in [-0.15, -0.1) is 11.3 Å². The van der Waals surface area contributed by atoms with Crippen LogP contribution in [0.25, 0.3) is 6.08 Å². The van der Waals surface area contributed by atoms with Crippen molar-refractivity contribution in [3.05, 3.63) is 63.9 Å². The maximum Gasteiger partial charge on any atom is 0.408 e. The lowest BCUT2D eigenvalue weighted by Crippen LogP contribution is -2.43. The first-order chi connectivity index (χ1) is 17.0. The summed E-state index contributed by atoms with van der Waals surface area (Å²) in [6, 6.07) is 11.8. The Morgan fingerprint density at radius 1 is 1.20 bits per heavy atom. The molecule has 0 saturated heterocycles. The number of ether oxygens (including phenoxy) is 1. The van der Waals surface area contributed by atoms with Gasteiger partial charge in [-0.1, -0.05) is 36.4 Å². The molecule has 35 heavy (non-hydrogen) atoms. The summed E-state index contributed by atoms with van der Waals surface area (Å²) in [6.07, 6.45) is 6.18. The van der Waals surface area contributed by atoms with E-state index in [1.165, 1.54) is 11.3 Å². The van der Waals surface area contributed by atoms with Crippen LogP contribution in [0.3, 0.4) is 0 Å². The molecule has 0 fully saturated rings. The fourth-order valence-electron chi connectivity index (χ4n) is 3.29. The highest BCUT2D eigenvalue weighted by Crippen LogP contribution is 2.20. The topological polar surface area (TPSA) is 129 Å². The van der Waals surface area contributed by atoms with Gasteiger partial charge in [0.25, 0.3) is 0 Å². The fourth-order valence-corrected chi connectivity index (χ4v) is 4.28. The van der Waals surface area contributed by atoms with Gasteiger partial charge < -0.3 is 20.5 Å². The number of carbonyl (C=O) groups excluding carboxylic acids is 2. The minimum Gasteiger partial charge on any atom is -0.480 e. The predicted molar refractivity (Wildman–Crippen MR) is 135 cm³/mol. The number of guanidine groups is 1. The lowest BCUT2D eigenvalue weighted by molar-refractivity contribution is -0.139. The lowest BCUT2D eigenvalue weighted by Gasteiger charge is -2.14. The Labute approximate surface area is 208 Å². The van der Waals surface area contributed by atoms with Crippen LogP contribution >= 0.6 is 11.3 Å². The third kappa shape index (κ3) is 9.62. The number of rotatable bonds is 11. The smallest absolute Gasteiger partial charge is 0.408 e. The van der Waals surface area contributed by atoms with Crippen LogP contribution in [0.2, 0.25) is 0 Å². The van der Waals surface area contributed by atoms with E-state index >= 15 is 0 Å². The number of nitrogens with zero attached hydrogens (tertiary/aromatic N) is 1. The van der Waals surface area contributed by atoms with Crippen molar-refractivity contribution in [1.82, 2.24) is 16.0 Å². The normalized spacial score (nSPS) is 14.0. The van der Waals surface area contributed by atoms with Crippen LogP contribution in [0.5, 0.6) is 0 Å². The summed E-state index contributed by atoms with van der Waals surface area (Å²) in [4.78, 5) is 41.6. The second kappa shape index (κ2) is 13.9. The first-order valence-corrected chi connectivity index (χ1v) is 12.3. The summed E-state index contributed by atoms with van der Waals surface area (Å²) in [7, 11) is 0. The maximum absolute atomic E-state index is 12.0. The van der Waals surface area contributed by atoms with E-state index in [1.807, 2.05) is 54.6 Å². The zero-order valence-corrected chi connectivity index (χ0v) is 20.2. The largest absolute Gasteiger partial charge is 0.480 e. The van der Waals surface area contributed by atoms with E-state index in [0.717, 1.165) is 41.2 Å². The van der Waals surface area contributed by atoms with Crippen LogP contribution in [-0.2, 0) is 27.4 Å². The summed E-state index contributed by atoms with van der Waals surface area (Å²) >= 11 is 1.46. The number of benzene rings is 1. The minimum absolute atomic E-state index is 0.0560. The summed E-state index contributed by atoms with van der Waals surface area (Å²) < 4.78 is 5.13. The maximum atomic E-state index is 12.0. The number of allylic oxidation sites excluding steroid dienone is 1. The van der Waals surface area contributed by atoms with Gasteiger partial charge in [0.15, 0.2) is 5.96 Å². The average molecular weight is 499 g/mol. The number of carbonyl (C=O) groups is 3. The van der Waals surface area contributed by atoms with E-state index in [4.69, 9.17) is 4.74 Å². The Balaban J connectivity index is 1.38. The molecule has 0 spiro atoms. The van der Waals surface area contributed by atoms with Crippen molar-refractivity contribution in [2.24, 2.45) is 4.99 Å². The van der Waals surface area contributed by atoms with Gasteiger partial charge >= 0.3 is 12.1 Å². The molecular weight excluding hydrogens is 468 g/mol. The van der Waals surface area contributed by atoms with E-state index in [2.05, 4.69) is 20.9 Å². The number of unbranched alkanes of at least 4 members (excludes halogenated alkanes) is 1. The lowest BCUT2D eigenvalue weighted by atomic mass is 10.2. The summed E-state index contributed by atoms with van der Waals surface area (Å²) in [5, 5.41) is 17.8. The molecule has 186 valence electrons. The summed E-state index contributed by atoms with van der Waals surface area (Å²) in [5.41, 5.74) is 0.820. The van der Waals surface area contributed by atoms with Gasteiger partial charge in [-0.25, -0.2) is 9.59 Å². The van der Waals surface area contributed by atoms with Gasteiger partial charge in [0, 0.05) is 35.7 Å². The number of hydrogen-bond acceptors (Lipinski definition) is 7. The molecule has 0 radical (unpaired) electrons. The predicted octanol–water partition coefficient (Wildman–Crippen LogP) is 3.32. The molecule has 1 aliphatic rings. The first-order valence-electron chi connectivity index (χ1n) is 11.5. The highest BCUT2D eigenvalue weighted by molar-refractivity contribution is 7.12. The highest BCUT2D eigenvalue weighted by atomic mass is 32.1. The second-order valence-electron chi connectivity index (χ2n) is 7.96. The SMILES string of the molecule is O=C(CCCC=Cc1ccc(CC(NC(=O)OCc2ccccc2)C(=O)O)s1)NC1=NCCCN1. The van der Waals surface area contributed by atoms with E-state index < -0.39 is 18.1 Å². The van der Waals surface area contributed by atoms with Crippen LogP contribution < -0.4 is 16.0 Å². The van der Waals surface area contributed by atoms with Crippen LogP contribution in [0.1, 0.15) is 41.0 Å². The molecule has 1 unspecified atom stereocenters. The second-order valence-corrected chi connectivity index (χ2v) is 9.16. The molecule has 0 bridgehead atoms. The van der Waals surface area contributed by atoms with E-state index in [-0.39, 0.29) is 18.9 Å². The average Bonchev–Trinajstić information content (AvgIpc) is 3.30. The Morgan fingerprint density at radius 3 is 2.77 bits per heavy atom. The van der Waals surface area contributed by atoms with Crippen LogP contribution in [0, 0.1) is 0 Å². The van der Waals surface area contributed by atoms with Crippen molar-refractivity contribution >= 4 is 41.3 Å². The molecule has 10 heteroatoms. The molecule has 0 saturated carbocycles. The van der Waals surface area contributed by atoms with Gasteiger partial charge in [-0.3, -0.25) is 15.1 Å². The molecule has 2 heterocycles. The molecular formula is C25H30N4O5S. The number of aliphatic imine (C=N–C) groups is 1. The molecule has 1 atom stereocenters. The highest BCUT2D eigenvalue weighted by Gasteiger charge is 2.22. The Kier molecular flexibility index (Phi) is 10.3. The minimum atomic E-state index is -1.13. The van der Waals surface area contributed by atoms with Gasteiger partial charge in [0.2, 0.25) is 5.91 Å². The molecule has 2 aromatic rings. The monoisotopic (exact) mass is 498 g/mol. The number of amides is 2. The Morgan fingerprint density at radius 2 is 2.03 bits per heavy atom. The molecule has 1 aromatic carbocycles. The fraction of sp³-hybridized carbons (Fsp3) is 0.360. The third-order valence-corrected chi connectivity index (χ3v) is 6.18. The molecule has 0 aliphatic carbocycles. The number of carboxylic acids is 1. The molecule has 1 aliphatic heterocycles. The Bertz CT molecular complexity index is 1050. The van der Waals surface area contributed by atoms with Crippen molar-refractivity contribution in [2.45, 2.75) is 44.8 Å². The number of nitrogens with one attached hydrogen (secondary N) is 3. The van der Waals surface area contributed by atoms with Gasteiger partial charge in [0.1, 0.15) is 12.6 Å². The number of aliphatic carboxylic acids is 1. The number of carboxylic acid groups (broad SMARTS) is 1. The molecule has 9 nitrogen and oxygen atoms in total. The van der Waals surface area contributed by atoms with Crippen LogP contribution in [0.4, 0.5) is 4.79 Å². The van der Waals surface area contributed by atoms with Gasteiger partial charge in [-0.05, 0) is 43.0 Å². The summed E-state index contributed by atoms with van der Waals surface area (Å²) in [6.45, 7) is 1.63. The van der Waals surface area contributed by atoms with Crippen LogP contribution in [-0.4, -0.2) is 48.2 Å². The van der Waals surface area contributed by atoms with Crippen molar-refractivity contribution in [3.63, 3.8) is 0 Å². The molecule has 4 N–H and O–H groups in total. The standard InChI is InChI=1S/C25H30N4O5S/c30-22(29-24-26-14-7-15-27-24)11-6-2-5-10-19-12-13-20(35-19)16-21(23(31)32)28-25(33)34-17-18-8-3-1-4-9-18/h1,3-5,8-10,12-13,21H,2,6-7,11,14-17H2,(H,28,33)(H,31,32)(H2,26,27,29,30). The van der Waals surface area contributed by atoms with Crippen molar-refractivity contribution in [3.8, 4) is 0 Å². The van der Waals surface area contributed by atoms with E-state index in [1.54, 1.807) is 0 Å². The molecule has 2 amide bonds. The van der Waals surface area contributed by atoms with E-state index in [0.29, 0.717) is 18.8 Å². The molecule has 1 aromatic heterocycles. The zero-order chi connectivity index (χ0) is 24.9. The van der Waals surface area contributed by atoms with Gasteiger partial charge in [0.05, 0.1) is 0 Å². The molecule has 3 rings (SSSR count). The van der Waals surface area contributed by atoms with E-state index in [9.17, 15) is 19.5 Å². The zero-order valence-electron chi connectivity index (χ0n) is 19.4. The van der Waals surface area contributed by atoms with Gasteiger partial charge in [-0.2, -0.15) is 0 Å². The van der Waals surface area contributed by atoms with Crippen LogP contribution in [0.15, 0.2) is 53.5 Å². The number of hydrogen-bond donors (Lipinski definition) is 4. The number of thiophene rings is 1. The number of alkyl carbamates (subject to hydrolysis) is 1.